The number of amides is 1. The molecule has 1 saturated carbocycles. The normalized spacial score (nSPS) is 14.3. The highest BCUT2D eigenvalue weighted by atomic mass is 32.2. The van der Waals surface area contributed by atoms with Crippen molar-refractivity contribution in [2.24, 2.45) is 0 Å². The summed E-state index contributed by atoms with van der Waals surface area (Å²) in [6.45, 7) is 0. The first-order valence-corrected chi connectivity index (χ1v) is 9.46. The number of hydrogen-bond acceptors (Lipinski definition) is 5. The Morgan fingerprint density at radius 1 is 1.12 bits per heavy atom. The number of nitrogens with one attached hydrogen (secondary N) is 1. The number of hydrogen-bond donors (Lipinski definition) is 1. The van der Waals surface area contributed by atoms with Crippen molar-refractivity contribution in [1.29, 1.82) is 0 Å². The molecule has 0 aliphatic heterocycles. The summed E-state index contributed by atoms with van der Waals surface area (Å²) >= 11 is 1.36. The van der Waals surface area contributed by atoms with Gasteiger partial charge in [0.25, 0.3) is 5.91 Å². The largest absolute Gasteiger partial charge is 0.497 e. The molecule has 2 aromatic carbocycles. The standard InChI is InChI=1S/C20H21NO4S/c1-24-16-9-11-17(12-10-16)26-13-18(22)25-19(14-5-3-2-4-6-14)20(23)21-15-7-8-15/h2-6,9-12,15,19H,7-8,13H2,1H3,(H,21,23)/t19-/m0/s1. The van der Waals surface area contributed by atoms with Crippen molar-refractivity contribution in [3.63, 3.8) is 0 Å². The van der Waals surface area contributed by atoms with Gasteiger partial charge in [-0.2, -0.15) is 0 Å². The van der Waals surface area contributed by atoms with E-state index in [0.29, 0.717) is 5.56 Å². The molecule has 1 N–H and O–H groups in total. The number of thioether (sulfide) groups is 1. The van der Waals surface area contributed by atoms with E-state index in [4.69, 9.17) is 9.47 Å². The van der Waals surface area contributed by atoms with E-state index in [1.54, 1.807) is 19.2 Å². The lowest BCUT2D eigenvalue weighted by molar-refractivity contribution is -0.154. The molecule has 0 bridgehead atoms. The first kappa shape index (κ1) is 18.3. The number of methoxy groups -OCH3 is 1. The van der Waals surface area contributed by atoms with Crippen molar-refractivity contribution in [2.75, 3.05) is 12.9 Å². The van der Waals surface area contributed by atoms with E-state index in [2.05, 4.69) is 5.32 Å². The summed E-state index contributed by atoms with van der Waals surface area (Å²) in [7, 11) is 1.61. The molecule has 5 nitrogen and oxygen atoms in total. The molecule has 0 radical (unpaired) electrons. The van der Waals surface area contributed by atoms with Crippen LogP contribution in [0.1, 0.15) is 24.5 Å². The Kier molecular flexibility index (Phi) is 6.17. The highest BCUT2D eigenvalue weighted by Gasteiger charge is 2.30. The minimum absolute atomic E-state index is 0.131. The summed E-state index contributed by atoms with van der Waals surface area (Å²) in [4.78, 5) is 25.7. The van der Waals surface area contributed by atoms with E-state index < -0.39 is 12.1 Å². The smallest absolute Gasteiger partial charge is 0.317 e. The van der Waals surface area contributed by atoms with Gasteiger partial charge in [-0.1, -0.05) is 30.3 Å². The van der Waals surface area contributed by atoms with Crippen LogP contribution in [0, 0.1) is 0 Å². The van der Waals surface area contributed by atoms with Crippen molar-refractivity contribution >= 4 is 23.6 Å². The Labute approximate surface area is 157 Å². The second-order valence-electron chi connectivity index (χ2n) is 6.03. The summed E-state index contributed by atoms with van der Waals surface area (Å²) in [5, 5.41) is 2.91. The average molecular weight is 371 g/mol. The van der Waals surface area contributed by atoms with Gasteiger partial charge in [0, 0.05) is 16.5 Å². The Morgan fingerprint density at radius 3 is 2.42 bits per heavy atom. The fraction of sp³-hybridized carbons (Fsp3) is 0.300. The van der Waals surface area contributed by atoms with Gasteiger partial charge in [-0.05, 0) is 37.1 Å². The number of carbonyl (C=O) groups is 2. The van der Waals surface area contributed by atoms with Gasteiger partial charge in [0.05, 0.1) is 12.9 Å². The van der Waals surface area contributed by atoms with E-state index in [-0.39, 0.29) is 17.7 Å². The van der Waals surface area contributed by atoms with Crippen LogP contribution < -0.4 is 10.1 Å². The van der Waals surface area contributed by atoms with Gasteiger partial charge in [0.2, 0.25) is 6.10 Å². The fourth-order valence-corrected chi connectivity index (χ4v) is 3.07. The molecule has 0 heterocycles. The quantitative estimate of drug-likeness (QED) is 0.569. The molecule has 1 atom stereocenters. The maximum atomic E-state index is 12.5. The molecule has 0 unspecified atom stereocenters. The van der Waals surface area contributed by atoms with E-state index in [0.717, 1.165) is 23.5 Å². The number of ether oxygens (including phenoxy) is 2. The number of rotatable bonds is 8. The zero-order valence-corrected chi connectivity index (χ0v) is 15.3. The average Bonchev–Trinajstić information content (AvgIpc) is 3.49. The lowest BCUT2D eigenvalue weighted by Crippen LogP contribution is -2.33. The summed E-state index contributed by atoms with van der Waals surface area (Å²) in [6, 6.07) is 16.7. The van der Waals surface area contributed by atoms with Crippen LogP contribution in [0.3, 0.4) is 0 Å². The Balaban J connectivity index is 1.59. The molecular formula is C20H21NO4S. The minimum atomic E-state index is -0.916. The Hall–Kier alpha value is -2.47. The van der Waals surface area contributed by atoms with Crippen LogP contribution in [0.15, 0.2) is 59.5 Å². The third kappa shape index (κ3) is 5.26. The molecule has 2 aromatic rings. The monoisotopic (exact) mass is 371 g/mol. The third-order valence-corrected chi connectivity index (χ3v) is 4.92. The highest BCUT2D eigenvalue weighted by Crippen LogP contribution is 2.25. The van der Waals surface area contributed by atoms with Crippen LogP contribution in [-0.2, 0) is 14.3 Å². The molecule has 1 fully saturated rings. The zero-order valence-electron chi connectivity index (χ0n) is 14.5. The van der Waals surface area contributed by atoms with Crippen molar-refractivity contribution in [3.8, 4) is 5.75 Å². The molecule has 1 amide bonds. The minimum Gasteiger partial charge on any atom is -0.497 e. The Morgan fingerprint density at radius 2 is 1.81 bits per heavy atom. The molecule has 26 heavy (non-hydrogen) atoms. The van der Waals surface area contributed by atoms with Crippen molar-refractivity contribution in [3.05, 3.63) is 60.2 Å². The van der Waals surface area contributed by atoms with Gasteiger partial charge < -0.3 is 14.8 Å². The molecule has 1 aliphatic rings. The van der Waals surface area contributed by atoms with Crippen molar-refractivity contribution < 1.29 is 19.1 Å². The van der Waals surface area contributed by atoms with Crippen molar-refractivity contribution in [2.45, 2.75) is 29.9 Å². The first-order chi connectivity index (χ1) is 12.7. The van der Waals surface area contributed by atoms with Crippen LogP contribution in [0.4, 0.5) is 0 Å². The molecule has 6 heteroatoms. The molecule has 0 saturated heterocycles. The summed E-state index contributed by atoms with van der Waals surface area (Å²) in [5.74, 6) is 0.205. The maximum Gasteiger partial charge on any atom is 0.317 e. The molecule has 0 spiro atoms. The van der Waals surface area contributed by atoms with Gasteiger partial charge >= 0.3 is 5.97 Å². The van der Waals surface area contributed by atoms with E-state index >= 15 is 0 Å². The highest BCUT2D eigenvalue weighted by molar-refractivity contribution is 8.00. The number of esters is 1. The third-order valence-electron chi connectivity index (χ3n) is 3.93. The second-order valence-corrected chi connectivity index (χ2v) is 7.08. The molecular weight excluding hydrogens is 350 g/mol. The van der Waals surface area contributed by atoms with Gasteiger partial charge in [-0.25, -0.2) is 0 Å². The maximum absolute atomic E-state index is 12.5. The predicted molar refractivity (Wildman–Crippen MR) is 100 cm³/mol. The lowest BCUT2D eigenvalue weighted by Gasteiger charge is -2.18. The van der Waals surface area contributed by atoms with Crippen LogP contribution in [0.5, 0.6) is 5.75 Å². The molecule has 136 valence electrons. The lowest BCUT2D eigenvalue weighted by atomic mass is 10.1. The summed E-state index contributed by atoms with van der Waals surface area (Å²) in [5.41, 5.74) is 0.674. The van der Waals surface area contributed by atoms with Crippen LogP contribution in [0.2, 0.25) is 0 Å². The van der Waals surface area contributed by atoms with Gasteiger partial charge in [-0.3, -0.25) is 9.59 Å². The predicted octanol–water partition coefficient (Wildman–Crippen LogP) is 3.35. The fourth-order valence-electron chi connectivity index (χ4n) is 2.38. The Bertz CT molecular complexity index is 744. The van der Waals surface area contributed by atoms with Gasteiger partial charge in [-0.15, -0.1) is 11.8 Å². The van der Waals surface area contributed by atoms with E-state index in [1.165, 1.54) is 11.8 Å². The van der Waals surface area contributed by atoms with Crippen LogP contribution in [-0.4, -0.2) is 30.8 Å². The van der Waals surface area contributed by atoms with Crippen LogP contribution >= 0.6 is 11.8 Å². The van der Waals surface area contributed by atoms with Crippen molar-refractivity contribution in [1.82, 2.24) is 5.32 Å². The zero-order chi connectivity index (χ0) is 18.4. The summed E-state index contributed by atoms with van der Waals surface area (Å²) in [6.07, 6.45) is 1.05. The van der Waals surface area contributed by atoms with Crippen LogP contribution in [0.25, 0.3) is 0 Å². The van der Waals surface area contributed by atoms with E-state index in [9.17, 15) is 9.59 Å². The topological polar surface area (TPSA) is 64.6 Å². The number of benzene rings is 2. The molecule has 3 rings (SSSR count). The first-order valence-electron chi connectivity index (χ1n) is 8.47. The van der Waals surface area contributed by atoms with E-state index in [1.807, 2.05) is 42.5 Å². The second kappa shape index (κ2) is 8.76. The van der Waals surface area contributed by atoms with Gasteiger partial charge in [0.1, 0.15) is 5.75 Å². The van der Waals surface area contributed by atoms with Gasteiger partial charge in [0.15, 0.2) is 0 Å². The number of carbonyl (C=O) groups excluding carboxylic acids is 2. The molecule has 0 aromatic heterocycles. The summed E-state index contributed by atoms with van der Waals surface area (Å²) < 4.78 is 10.6. The SMILES string of the molecule is COc1ccc(SCC(=O)O[C@H](C(=O)NC2CC2)c2ccccc2)cc1. The molecule has 1 aliphatic carbocycles.